The third-order valence-electron chi connectivity index (χ3n) is 2.03. The van der Waals surface area contributed by atoms with Crippen molar-refractivity contribution in [3.05, 3.63) is 40.2 Å². The second-order valence-corrected chi connectivity index (χ2v) is 4.51. The Morgan fingerprint density at radius 3 is 3.17 bits per heavy atom. The molecule has 0 aromatic carbocycles. The van der Waals surface area contributed by atoms with Gasteiger partial charge in [-0.05, 0) is 12.2 Å². The molecule has 1 aromatic heterocycles. The van der Waals surface area contributed by atoms with Gasteiger partial charge in [0.05, 0.1) is 10.6 Å². The Morgan fingerprint density at radius 2 is 2.56 bits per heavy atom. The lowest BCUT2D eigenvalue weighted by Gasteiger charge is -2.07. The normalized spacial score (nSPS) is 11.3. The molecule has 0 atom stereocenters. The maximum Gasteiger partial charge on any atom is 0.274 e. The summed E-state index contributed by atoms with van der Waals surface area (Å²) in [6.07, 6.45) is 3.39. The van der Waals surface area contributed by atoms with Gasteiger partial charge in [-0.3, -0.25) is 10.1 Å². The SMILES string of the molecule is CNC(=C[N+](=O)[O-])NCCCSCc1ccon1. The number of rotatable bonds is 9. The van der Waals surface area contributed by atoms with E-state index in [1.165, 1.54) is 0 Å². The summed E-state index contributed by atoms with van der Waals surface area (Å²) in [7, 11) is 1.64. The number of nitrogens with one attached hydrogen (secondary N) is 2. The average molecular weight is 272 g/mol. The predicted octanol–water partition coefficient (Wildman–Crippen LogP) is 1.18. The number of nitro groups is 1. The molecule has 0 radical (unpaired) electrons. The van der Waals surface area contributed by atoms with Crippen LogP contribution in [0.4, 0.5) is 0 Å². The quantitative estimate of drug-likeness (QED) is 0.396. The number of thioether (sulfide) groups is 1. The fourth-order valence-electron chi connectivity index (χ4n) is 1.19. The lowest BCUT2D eigenvalue weighted by atomic mass is 10.5. The highest BCUT2D eigenvalue weighted by Gasteiger charge is 2.00. The van der Waals surface area contributed by atoms with E-state index >= 15 is 0 Å². The van der Waals surface area contributed by atoms with Gasteiger partial charge in [0.2, 0.25) is 0 Å². The van der Waals surface area contributed by atoms with Crippen LogP contribution >= 0.6 is 11.8 Å². The summed E-state index contributed by atoms with van der Waals surface area (Å²) >= 11 is 1.75. The topological polar surface area (TPSA) is 93.2 Å². The van der Waals surface area contributed by atoms with Crippen LogP contribution < -0.4 is 10.6 Å². The number of nitrogens with zero attached hydrogens (tertiary/aromatic N) is 2. The Kier molecular flexibility index (Phi) is 6.70. The van der Waals surface area contributed by atoms with Crippen molar-refractivity contribution in [1.29, 1.82) is 0 Å². The first-order valence-electron chi connectivity index (χ1n) is 5.46. The van der Waals surface area contributed by atoms with Crippen LogP contribution in [-0.2, 0) is 5.75 Å². The van der Waals surface area contributed by atoms with Crippen molar-refractivity contribution in [3.63, 3.8) is 0 Å². The van der Waals surface area contributed by atoms with E-state index in [4.69, 9.17) is 4.52 Å². The molecular weight excluding hydrogens is 256 g/mol. The summed E-state index contributed by atoms with van der Waals surface area (Å²) in [4.78, 5) is 9.78. The van der Waals surface area contributed by atoms with Crippen LogP contribution in [0.5, 0.6) is 0 Å². The van der Waals surface area contributed by atoms with Gasteiger partial charge >= 0.3 is 0 Å². The fourth-order valence-corrected chi connectivity index (χ4v) is 2.04. The minimum absolute atomic E-state index is 0.418. The molecule has 0 aliphatic heterocycles. The number of hydrogen-bond donors (Lipinski definition) is 2. The molecule has 2 N–H and O–H groups in total. The molecule has 1 aromatic rings. The minimum Gasteiger partial charge on any atom is -0.370 e. The third kappa shape index (κ3) is 6.14. The predicted molar refractivity (Wildman–Crippen MR) is 69.4 cm³/mol. The molecule has 18 heavy (non-hydrogen) atoms. The molecule has 0 aliphatic rings. The zero-order chi connectivity index (χ0) is 13.2. The molecule has 0 aliphatic carbocycles. The second-order valence-electron chi connectivity index (χ2n) is 3.40. The zero-order valence-corrected chi connectivity index (χ0v) is 10.9. The van der Waals surface area contributed by atoms with Crippen LogP contribution in [0.25, 0.3) is 0 Å². The van der Waals surface area contributed by atoms with E-state index in [0.29, 0.717) is 12.4 Å². The van der Waals surface area contributed by atoms with Crippen LogP contribution in [0.1, 0.15) is 12.1 Å². The standard InChI is InChI=1S/C10H16N4O3S/c1-11-10(7-14(15)16)12-4-2-6-18-8-9-3-5-17-13-9/h3,5,7,11-12H,2,4,6,8H2,1H3. The Labute approximate surface area is 109 Å². The highest BCUT2D eigenvalue weighted by Crippen LogP contribution is 2.10. The highest BCUT2D eigenvalue weighted by molar-refractivity contribution is 7.98. The van der Waals surface area contributed by atoms with Gasteiger partial charge in [-0.2, -0.15) is 11.8 Å². The summed E-state index contributed by atoms with van der Waals surface area (Å²) in [5.74, 6) is 2.19. The van der Waals surface area contributed by atoms with E-state index in [2.05, 4.69) is 15.8 Å². The largest absolute Gasteiger partial charge is 0.370 e. The van der Waals surface area contributed by atoms with Crippen molar-refractivity contribution in [2.24, 2.45) is 0 Å². The molecule has 0 bridgehead atoms. The van der Waals surface area contributed by atoms with Crippen molar-refractivity contribution in [3.8, 4) is 0 Å². The van der Waals surface area contributed by atoms with Gasteiger partial charge in [0, 0.05) is 25.4 Å². The van der Waals surface area contributed by atoms with Gasteiger partial charge in [-0.25, -0.2) is 0 Å². The van der Waals surface area contributed by atoms with E-state index in [9.17, 15) is 10.1 Å². The first-order valence-corrected chi connectivity index (χ1v) is 6.62. The molecular formula is C10H16N4O3S. The summed E-state index contributed by atoms with van der Waals surface area (Å²) < 4.78 is 4.72. The summed E-state index contributed by atoms with van der Waals surface area (Å²) in [6.45, 7) is 0.687. The fraction of sp³-hybridized carbons (Fsp3) is 0.500. The Bertz CT molecular complexity index is 380. The van der Waals surface area contributed by atoms with Crippen LogP contribution in [0, 0.1) is 10.1 Å². The maximum atomic E-state index is 10.3. The first kappa shape index (κ1) is 14.4. The van der Waals surface area contributed by atoms with Crippen molar-refractivity contribution in [2.75, 3.05) is 19.3 Å². The van der Waals surface area contributed by atoms with Crippen molar-refractivity contribution in [1.82, 2.24) is 15.8 Å². The lowest BCUT2D eigenvalue weighted by molar-refractivity contribution is -0.404. The van der Waals surface area contributed by atoms with E-state index in [1.807, 2.05) is 6.07 Å². The molecule has 0 amide bonds. The summed E-state index contributed by atoms with van der Waals surface area (Å²) in [6, 6.07) is 1.84. The Morgan fingerprint density at radius 1 is 1.72 bits per heavy atom. The van der Waals surface area contributed by atoms with Crippen LogP contribution in [0.3, 0.4) is 0 Å². The first-order chi connectivity index (χ1) is 8.72. The minimum atomic E-state index is -0.488. The average Bonchev–Trinajstić information content (AvgIpc) is 2.84. The highest BCUT2D eigenvalue weighted by atomic mass is 32.2. The molecule has 0 saturated heterocycles. The lowest BCUT2D eigenvalue weighted by Crippen LogP contribution is -2.25. The van der Waals surface area contributed by atoms with Gasteiger partial charge in [-0.15, -0.1) is 0 Å². The Hall–Kier alpha value is -1.70. The van der Waals surface area contributed by atoms with Gasteiger partial charge in [0.1, 0.15) is 6.26 Å². The van der Waals surface area contributed by atoms with Crippen molar-refractivity contribution in [2.45, 2.75) is 12.2 Å². The molecule has 0 saturated carbocycles. The molecule has 1 heterocycles. The van der Waals surface area contributed by atoms with E-state index in [1.54, 1.807) is 25.1 Å². The second kappa shape index (κ2) is 8.40. The van der Waals surface area contributed by atoms with Gasteiger partial charge in [0.25, 0.3) is 6.20 Å². The van der Waals surface area contributed by atoms with E-state index in [-0.39, 0.29) is 0 Å². The molecule has 100 valence electrons. The zero-order valence-electron chi connectivity index (χ0n) is 10.1. The van der Waals surface area contributed by atoms with Crippen LogP contribution in [0.2, 0.25) is 0 Å². The molecule has 0 spiro atoms. The smallest absolute Gasteiger partial charge is 0.274 e. The Balaban J connectivity index is 2.06. The van der Waals surface area contributed by atoms with Crippen LogP contribution in [-0.4, -0.2) is 29.4 Å². The molecule has 0 fully saturated rings. The van der Waals surface area contributed by atoms with E-state index in [0.717, 1.165) is 29.8 Å². The summed E-state index contributed by atoms with van der Waals surface area (Å²) in [5.41, 5.74) is 0.928. The molecule has 0 unspecified atom stereocenters. The number of aromatic nitrogens is 1. The monoisotopic (exact) mass is 272 g/mol. The number of hydrogen-bond acceptors (Lipinski definition) is 7. The van der Waals surface area contributed by atoms with Gasteiger partial charge in [-0.1, -0.05) is 5.16 Å². The van der Waals surface area contributed by atoms with Crippen molar-refractivity contribution >= 4 is 11.8 Å². The third-order valence-corrected chi connectivity index (χ3v) is 3.10. The summed E-state index contributed by atoms with van der Waals surface area (Å²) in [5, 5.41) is 19.7. The van der Waals surface area contributed by atoms with Crippen molar-refractivity contribution < 1.29 is 9.45 Å². The van der Waals surface area contributed by atoms with Crippen LogP contribution in [0.15, 0.2) is 28.9 Å². The molecule has 8 heteroatoms. The molecule has 1 rings (SSSR count). The van der Waals surface area contributed by atoms with Gasteiger partial charge in [0.15, 0.2) is 5.82 Å². The maximum absolute atomic E-state index is 10.3. The van der Waals surface area contributed by atoms with Gasteiger partial charge < -0.3 is 15.2 Å². The molecule has 7 nitrogen and oxygen atoms in total. The van der Waals surface area contributed by atoms with E-state index < -0.39 is 4.92 Å².